The zero-order chi connectivity index (χ0) is 13.4. The summed E-state index contributed by atoms with van der Waals surface area (Å²) in [5.41, 5.74) is 1.09. The van der Waals surface area contributed by atoms with Crippen molar-refractivity contribution in [3.8, 4) is 0 Å². The molecular weight excluding hydrogens is 248 g/mol. The first kappa shape index (κ1) is 15.2. The first-order valence-electron chi connectivity index (χ1n) is 6.48. The maximum atomic E-state index is 11.7. The third kappa shape index (κ3) is 6.17. The van der Waals surface area contributed by atoms with Crippen molar-refractivity contribution >= 4 is 10.1 Å². The van der Waals surface area contributed by atoms with Gasteiger partial charge in [-0.25, -0.2) is 0 Å². The molecule has 0 spiro atoms. The van der Waals surface area contributed by atoms with Gasteiger partial charge in [-0.05, 0) is 25.3 Å². The van der Waals surface area contributed by atoms with Crippen molar-refractivity contribution in [2.45, 2.75) is 45.6 Å². The molecule has 18 heavy (non-hydrogen) atoms. The number of unbranched alkanes of at least 4 members (excludes halogenated alkanes) is 2. The molecule has 1 unspecified atom stereocenters. The van der Waals surface area contributed by atoms with Crippen molar-refractivity contribution in [2.24, 2.45) is 0 Å². The van der Waals surface area contributed by atoms with Crippen LogP contribution < -0.4 is 0 Å². The molecule has 0 heterocycles. The van der Waals surface area contributed by atoms with E-state index < -0.39 is 10.1 Å². The van der Waals surface area contributed by atoms with E-state index in [1.165, 1.54) is 0 Å². The predicted molar refractivity (Wildman–Crippen MR) is 74.0 cm³/mol. The van der Waals surface area contributed by atoms with E-state index in [1.54, 1.807) is 6.92 Å². The molecule has 1 atom stereocenters. The number of benzene rings is 1. The van der Waals surface area contributed by atoms with E-state index in [4.69, 9.17) is 4.18 Å². The van der Waals surface area contributed by atoms with Gasteiger partial charge in [0.2, 0.25) is 0 Å². The lowest BCUT2D eigenvalue weighted by atomic mass is 10.1. The summed E-state index contributed by atoms with van der Waals surface area (Å²) in [4.78, 5) is 0. The van der Waals surface area contributed by atoms with Gasteiger partial charge in [-0.15, -0.1) is 0 Å². The van der Waals surface area contributed by atoms with Gasteiger partial charge in [0, 0.05) is 0 Å². The highest BCUT2D eigenvalue weighted by atomic mass is 32.2. The van der Waals surface area contributed by atoms with Crippen LogP contribution in [0.25, 0.3) is 0 Å². The van der Waals surface area contributed by atoms with E-state index in [-0.39, 0.29) is 11.9 Å². The number of rotatable bonds is 8. The Labute approximate surface area is 110 Å². The van der Waals surface area contributed by atoms with Crippen LogP contribution in [0.1, 0.15) is 38.7 Å². The van der Waals surface area contributed by atoms with Gasteiger partial charge in [-0.3, -0.25) is 4.18 Å². The molecule has 102 valence electrons. The maximum absolute atomic E-state index is 11.7. The molecule has 4 heteroatoms. The summed E-state index contributed by atoms with van der Waals surface area (Å²) in [5, 5.41) is 0. The van der Waals surface area contributed by atoms with E-state index in [0.29, 0.717) is 12.8 Å². The molecule has 3 nitrogen and oxygen atoms in total. The minimum Gasteiger partial charge on any atom is -0.267 e. The van der Waals surface area contributed by atoms with Gasteiger partial charge in [0.25, 0.3) is 10.1 Å². The summed E-state index contributed by atoms with van der Waals surface area (Å²) >= 11 is 0. The molecule has 0 aliphatic carbocycles. The Hall–Kier alpha value is -0.870. The molecule has 0 bridgehead atoms. The van der Waals surface area contributed by atoms with Crippen LogP contribution in [0.2, 0.25) is 0 Å². The largest absolute Gasteiger partial charge is 0.267 e. The SMILES string of the molecule is CCCCCS(=O)(=O)OC(C)Cc1ccccc1. The Kier molecular flexibility index (Phi) is 6.36. The van der Waals surface area contributed by atoms with Crippen LogP contribution in [0.15, 0.2) is 30.3 Å². The van der Waals surface area contributed by atoms with E-state index >= 15 is 0 Å². The van der Waals surface area contributed by atoms with Gasteiger partial charge in [0.05, 0.1) is 11.9 Å². The van der Waals surface area contributed by atoms with Crippen LogP contribution in [0, 0.1) is 0 Å². The Morgan fingerprint density at radius 3 is 2.44 bits per heavy atom. The summed E-state index contributed by atoms with van der Waals surface area (Å²) < 4.78 is 28.5. The monoisotopic (exact) mass is 270 g/mol. The summed E-state index contributed by atoms with van der Waals surface area (Å²) in [6.45, 7) is 3.84. The number of hydrogen-bond donors (Lipinski definition) is 0. The summed E-state index contributed by atoms with van der Waals surface area (Å²) in [6.07, 6.45) is 2.93. The van der Waals surface area contributed by atoms with Crippen LogP contribution >= 0.6 is 0 Å². The van der Waals surface area contributed by atoms with E-state index in [9.17, 15) is 8.42 Å². The molecule has 1 aromatic carbocycles. The summed E-state index contributed by atoms with van der Waals surface area (Å²) in [7, 11) is -3.37. The molecule has 0 radical (unpaired) electrons. The van der Waals surface area contributed by atoms with Crippen LogP contribution in [-0.4, -0.2) is 20.3 Å². The van der Waals surface area contributed by atoms with Gasteiger partial charge < -0.3 is 0 Å². The zero-order valence-electron chi connectivity index (χ0n) is 11.1. The van der Waals surface area contributed by atoms with Crippen molar-refractivity contribution in [1.29, 1.82) is 0 Å². The fraction of sp³-hybridized carbons (Fsp3) is 0.571. The third-order valence-electron chi connectivity index (χ3n) is 2.67. The molecule has 0 aliphatic heterocycles. The minimum absolute atomic E-state index is 0.125. The Morgan fingerprint density at radius 1 is 1.17 bits per heavy atom. The molecule has 0 saturated carbocycles. The highest BCUT2D eigenvalue weighted by molar-refractivity contribution is 7.86. The minimum atomic E-state index is -3.37. The van der Waals surface area contributed by atoms with Crippen molar-refractivity contribution < 1.29 is 12.6 Å². The standard InChI is InChI=1S/C14H22O3S/c1-3-4-8-11-18(15,16)17-13(2)12-14-9-6-5-7-10-14/h5-7,9-10,13H,3-4,8,11-12H2,1-2H3. The predicted octanol–water partition coefficient (Wildman–Crippen LogP) is 3.15. The zero-order valence-corrected chi connectivity index (χ0v) is 11.9. The van der Waals surface area contributed by atoms with Gasteiger partial charge in [0.15, 0.2) is 0 Å². The molecule has 0 fully saturated rings. The first-order chi connectivity index (χ1) is 8.53. The first-order valence-corrected chi connectivity index (χ1v) is 8.06. The van der Waals surface area contributed by atoms with Gasteiger partial charge >= 0.3 is 0 Å². The van der Waals surface area contributed by atoms with Gasteiger partial charge in [-0.2, -0.15) is 8.42 Å². The van der Waals surface area contributed by atoms with Gasteiger partial charge in [-0.1, -0.05) is 50.1 Å². The van der Waals surface area contributed by atoms with Crippen LogP contribution in [-0.2, 0) is 20.7 Å². The van der Waals surface area contributed by atoms with Crippen molar-refractivity contribution in [1.82, 2.24) is 0 Å². The third-order valence-corrected chi connectivity index (χ3v) is 4.09. The van der Waals surface area contributed by atoms with Crippen LogP contribution in [0.5, 0.6) is 0 Å². The lowest BCUT2D eigenvalue weighted by Gasteiger charge is -2.13. The second-order valence-corrected chi connectivity index (χ2v) is 6.28. The van der Waals surface area contributed by atoms with Crippen LogP contribution in [0.3, 0.4) is 0 Å². The molecule has 0 N–H and O–H groups in total. The molecule has 1 rings (SSSR count). The fourth-order valence-corrected chi connectivity index (χ4v) is 3.03. The number of hydrogen-bond acceptors (Lipinski definition) is 3. The van der Waals surface area contributed by atoms with E-state index in [2.05, 4.69) is 0 Å². The van der Waals surface area contributed by atoms with Crippen molar-refractivity contribution in [3.05, 3.63) is 35.9 Å². The summed E-state index contributed by atoms with van der Waals surface area (Å²) in [6, 6.07) is 9.78. The Balaban J connectivity index is 2.41. The van der Waals surface area contributed by atoms with Crippen molar-refractivity contribution in [2.75, 3.05) is 5.75 Å². The Bertz CT molecular complexity index is 426. The fourth-order valence-electron chi connectivity index (χ4n) is 1.81. The van der Waals surface area contributed by atoms with E-state index in [0.717, 1.165) is 18.4 Å². The lowest BCUT2D eigenvalue weighted by Crippen LogP contribution is -2.20. The Morgan fingerprint density at radius 2 is 1.83 bits per heavy atom. The van der Waals surface area contributed by atoms with Crippen LogP contribution in [0.4, 0.5) is 0 Å². The highest BCUT2D eigenvalue weighted by Gasteiger charge is 2.15. The molecule has 0 amide bonds. The molecule has 0 aromatic heterocycles. The lowest BCUT2D eigenvalue weighted by molar-refractivity contribution is 0.229. The maximum Gasteiger partial charge on any atom is 0.267 e. The smallest absolute Gasteiger partial charge is 0.267 e. The quantitative estimate of drug-likeness (QED) is 0.538. The molecule has 0 saturated heterocycles. The topological polar surface area (TPSA) is 43.4 Å². The molecular formula is C14H22O3S. The van der Waals surface area contributed by atoms with Crippen molar-refractivity contribution in [3.63, 3.8) is 0 Å². The van der Waals surface area contributed by atoms with E-state index in [1.807, 2.05) is 37.3 Å². The average Bonchev–Trinajstić information content (AvgIpc) is 2.29. The second-order valence-electron chi connectivity index (χ2n) is 4.57. The average molecular weight is 270 g/mol. The molecule has 1 aromatic rings. The summed E-state index contributed by atoms with van der Waals surface area (Å²) in [5.74, 6) is 0.125. The highest BCUT2D eigenvalue weighted by Crippen LogP contribution is 2.10. The molecule has 0 aliphatic rings. The normalized spacial score (nSPS) is 13.4. The second kappa shape index (κ2) is 7.54. The van der Waals surface area contributed by atoms with Gasteiger partial charge in [0.1, 0.15) is 0 Å².